The van der Waals surface area contributed by atoms with Crippen molar-refractivity contribution in [2.24, 2.45) is 0 Å². The van der Waals surface area contributed by atoms with E-state index >= 15 is 0 Å². The Bertz CT molecular complexity index is 502. The quantitative estimate of drug-likeness (QED) is 0.741. The van der Waals surface area contributed by atoms with Crippen molar-refractivity contribution >= 4 is 5.78 Å². The van der Waals surface area contributed by atoms with Crippen LogP contribution in [0.5, 0.6) is 0 Å². The van der Waals surface area contributed by atoms with Crippen molar-refractivity contribution in [2.75, 3.05) is 0 Å². The monoisotopic (exact) mass is 218 g/mol. The van der Waals surface area contributed by atoms with Crippen LogP contribution in [0.25, 0.3) is 0 Å². The molecule has 0 aliphatic carbocycles. The summed E-state index contributed by atoms with van der Waals surface area (Å²) in [6.07, 6.45) is 3.28. The van der Waals surface area contributed by atoms with E-state index in [9.17, 15) is 9.18 Å². The number of hydrogen-bond acceptors (Lipinski definition) is 2. The minimum atomic E-state index is -0.251. The Kier molecular flexibility index (Phi) is 2.81. The third-order valence-corrected chi connectivity index (χ3v) is 2.27. The van der Waals surface area contributed by atoms with Crippen molar-refractivity contribution in [3.8, 4) is 0 Å². The summed E-state index contributed by atoms with van der Waals surface area (Å²) in [4.78, 5) is 15.0. The van der Waals surface area contributed by atoms with E-state index in [1.807, 2.05) is 0 Å². The van der Waals surface area contributed by atoms with Crippen LogP contribution in [0.2, 0.25) is 0 Å². The molecule has 2 aromatic rings. The Morgan fingerprint density at radius 3 is 2.62 bits per heavy atom. The van der Waals surface area contributed by atoms with Gasteiger partial charge in [0.1, 0.15) is 11.5 Å². The smallest absolute Gasteiger partial charge is 0.179 e. The molecule has 0 N–H and O–H groups in total. The molecule has 0 aliphatic rings. The van der Waals surface area contributed by atoms with Gasteiger partial charge in [-0.05, 0) is 17.7 Å². The number of carbonyl (C=O) groups is 1. The van der Waals surface area contributed by atoms with Crippen molar-refractivity contribution in [1.82, 2.24) is 9.55 Å². The largest absolute Gasteiger partial charge is 0.332 e. The summed E-state index contributed by atoms with van der Waals surface area (Å²) in [5.41, 5.74) is 1.41. The lowest BCUT2D eigenvalue weighted by atomic mass is 10.2. The van der Waals surface area contributed by atoms with E-state index < -0.39 is 0 Å². The van der Waals surface area contributed by atoms with Crippen LogP contribution in [-0.4, -0.2) is 15.3 Å². The van der Waals surface area contributed by atoms with Crippen molar-refractivity contribution in [3.05, 3.63) is 53.9 Å². The molecule has 0 unspecified atom stereocenters. The molecule has 0 aliphatic heterocycles. The van der Waals surface area contributed by atoms with Crippen LogP contribution in [0, 0.1) is 5.82 Å². The fourth-order valence-electron chi connectivity index (χ4n) is 1.43. The number of rotatable bonds is 3. The molecule has 2 rings (SSSR count). The van der Waals surface area contributed by atoms with Crippen LogP contribution >= 0.6 is 0 Å². The zero-order valence-corrected chi connectivity index (χ0v) is 8.85. The lowest BCUT2D eigenvalue weighted by Gasteiger charge is -2.01. The van der Waals surface area contributed by atoms with Gasteiger partial charge in [-0.1, -0.05) is 12.1 Å². The maximum atomic E-state index is 12.7. The molecule has 0 atom stereocenters. The third kappa shape index (κ3) is 2.34. The van der Waals surface area contributed by atoms with Gasteiger partial charge in [0.05, 0.1) is 6.33 Å². The molecule has 1 heterocycles. The summed E-state index contributed by atoms with van der Waals surface area (Å²) >= 11 is 0. The van der Waals surface area contributed by atoms with Crippen LogP contribution in [0.3, 0.4) is 0 Å². The molecule has 0 saturated carbocycles. The highest BCUT2D eigenvalue weighted by Gasteiger charge is 2.03. The van der Waals surface area contributed by atoms with E-state index in [1.165, 1.54) is 19.1 Å². The van der Waals surface area contributed by atoms with Crippen molar-refractivity contribution in [1.29, 1.82) is 0 Å². The first-order valence-corrected chi connectivity index (χ1v) is 4.92. The summed E-state index contributed by atoms with van der Waals surface area (Å²) < 4.78 is 14.5. The highest BCUT2D eigenvalue weighted by Crippen LogP contribution is 2.06. The number of imidazole rings is 1. The van der Waals surface area contributed by atoms with E-state index in [-0.39, 0.29) is 11.6 Å². The standard InChI is InChI=1S/C12H11FN2O/c1-9(16)12-7-15(8-14-12)6-10-2-4-11(13)5-3-10/h2-5,7-8H,6H2,1H3. The number of carbonyl (C=O) groups excluding carboxylic acids is 1. The molecule has 0 bridgehead atoms. The second-order valence-corrected chi connectivity index (χ2v) is 3.61. The van der Waals surface area contributed by atoms with Crippen molar-refractivity contribution in [2.45, 2.75) is 13.5 Å². The van der Waals surface area contributed by atoms with Crippen LogP contribution in [0.1, 0.15) is 23.0 Å². The molecule has 0 saturated heterocycles. The van der Waals surface area contributed by atoms with Gasteiger partial charge in [-0.2, -0.15) is 0 Å². The second kappa shape index (κ2) is 4.26. The highest BCUT2D eigenvalue weighted by atomic mass is 19.1. The van der Waals surface area contributed by atoms with Crippen molar-refractivity contribution in [3.63, 3.8) is 0 Å². The number of hydrogen-bond donors (Lipinski definition) is 0. The number of aromatic nitrogens is 2. The minimum Gasteiger partial charge on any atom is -0.332 e. The summed E-state index contributed by atoms with van der Waals surface area (Å²) in [5.74, 6) is -0.309. The molecule has 1 aromatic carbocycles. The molecule has 0 fully saturated rings. The average molecular weight is 218 g/mol. The second-order valence-electron chi connectivity index (χ2n) is 3.61. The minimum absolute atomic E-state index is 0.0575. The van der Waals surface area contributed by atoms with E-state index in [1.54, 1.807) is 29.2 Å². The van der Waals surface area contributed by atoms with Gasteiger partial charge in [0, 0.05) is 19.7 Å². The topological polar surface area (TPSA) is 34.9 Å². The first kappa shape index (κ1) is 10.5. The van der Waals surface area contributed by atoms with Gasteiger partial charge in [0.25, 0.3) is 0 Å². The molecule has 1 aromatic heterocycles. The van der Waals surface area contributed by atoms with E-state index in [0.29, 0.717) is 12.2 Å². The van der Waals surface area contributed by atoms with Gasteiger partial charge in [0.2, 0.25) is 0 Å². The summed E-state index contributed by atoms with van der Waals surface area (Å²) in [5, 5.41) is 0. The molecule has 3 nitrogen and oxygen atoms in total. The zero-order chi connectivity index (χ0) is 11.5. The Morgan fingerprint density at radius 2 is 2.06 bits per heavy atom. The highest BCUT2D eigenvalue weighted by molar-refractivity contribution is 5.91. The third-order valence-electron chi connectivity index (χ3n) is 2.27. The lowest BCUT2D eigenvalue weighted by Crippen LogP contribution is -1.97. The molecule has 16 heavy (non-hydrogen) atoms. The average Bonchev–Trinajstić information content (AvgIpc) is 2.70. The number of nitrogens with zero attached hydrogens (tertiary/aromatic N) is 2. The van der Waals surface area contributed by atoms with Gasteiger partial charge in [-0.15, -0.1) is 0 Å². The molecule has 0 radical (unpaired) electrons. The van der Waals surface area contributed by atoms with Gasteiger partial charge in [-0.3, -0.25) is 4.79 Å². The molecule has 0 spiro atoms. The Labute approximate surface area is 92.5 Å². The zero-order valence-electron chi connectivity index (χ0n) is 8.85. The Hall–Kier alpha value is -1.97. The molecule has 4 heteroatoms. The van der Waals surface area contributed by atoms with Crippen LogP contribution in [0.4, 0.5) is 4.39 Å². The van der Waals surface area contributed by atoms with Gasteiger partial charge >= 0.3 is 0 Å². The molecule has 82 valence electrons. The number of ketones is 1. The normalized spacial score (nSPS) is 10.4. The fraction of sp³-hybridized carbons (Fsp3) is 0.167. The van der Waals surface area contributed by atoms with Crippen LogP contribution in [0.15, 0.2) is 36.8 Å². The predicted molar refractivity (Wildman–Crippen MR) is 57.7 cm³/mol. The van der Waals surface area contributed by atoms with E-state index in [0.717, 1.165) is 5.56 Å². The maximum Gasteiger partial charge on any atom is 0.179 e. The SMILES string of the molecule is CC(=O)c1cn(Cc2ccc(F)cc2)cn1. The predicted octanol–water partition coefficient (Wildman–Crippen LogP) is 2.27. The molecular weight excluding hydrogens is 207 g/mol. The van der Waals surface area contributed by atoms with Gasteiger partial charge in [0.15, 0.2) is 5.78 Å². The first-order valence-electron chi connectivity index (χ1n) is 4.92. The number of benzene rings is 1. The maximum absolute atomic E-state index is 12.7. The number of halogens is 1. The summed E-state index contributed by atoms with van der Waals surface area (Å²) in [6.45, 7) is 2.06. The Balaban J connectivity index is 2.14. The Morgan fingerprint density at radius 1 is 1.38 bits per heavy atom. The van der Waals surface area contributed by atoms with E-state index in [4.69, 9.17) is 0 Å². The van der Waals surface area contributed by atoms with Crippen LogP contribution < -0.4 is 0 Å². The van der Waals surface area contributed by atoms with Crippen LogP contribution in [-0.2, 0) is 6.54 Å². The van der Waals surface area contributed by atoms with Gasteiger partial charge < -0.3 is 4.57 Å². The van der Waals surface area contributed by atoms with E-state index in [2.05, 4.69) is 4.98 Å². The van der Waals surface area contributed by atoms with Crippen molar-refractivity contribution < 1.29 is 9.18 Å². The fourth-order valence-corrected chi connectivity index (χ4v) is 1.43. The first-order chi connectivity index (χ1) is 7.65. The molecule has 0 amide bonds. The summed E-state index contributed by atoms with van der Waals surface area (Å²) in [7, 11) is 0. The lowest BCUT2D eigenvalue weighted by molar-refractivity contribution is 0.101. The number of Topliss-reactive ketones (excluding diaryl/α,β-unsaturated/α-hetero) is 1. The molecular formula is C12H11FN2O. The summed E-state index contributed by atoms with van der Waals surface area (Å²) in [6, 6.07) is 6.25. The van der Waals surface area contributed by atoms with Gasteiger partial charge in [-0.25, -0.2) is 9.37 Å².